The van der Waals surface area contributed by atoms with E-state index in [2.05, 4.69) is 0 Å². The van der Waals surface area contributed by atoms with Gasteiger partial charge in [-0.1, -0.05) is 12.1 Å². The zero-order valence-corrected chi connectivity index (χ0v) is 13.4. The average Bonchev–Trinajstić information content (AvgIpc) is 2.58. The van der Waals surface area contributed by atoms with E-state index in [0.29, 0.717) is 11.3 Å². The molecule has 5 heteroatoms. The highest BCUT2D eigenvalue weighted by Gasteiger charge is 2.15. The highest BCUT2D eigenvalue weighted by Crippen LogP contribution is 2.15. The fraction of sp³-hybridized carbons (Fsp3) is 0.222. The predicted octanol–water partition coefficient (Wildman–Crippen LogP) is 2.82. The molecule has 0 N–H and O–H groups in total. The molecule has 0 aromatic heterocycles. The Kier molecular flexibility index (Phi) is 5.36. The van der Waals surface area contributed by atoms with E-state index in [4.69, 9.17) is 9.47 Å². The van der Waals surface area contributed by atoms with Crippen molar-refractivity contribution in [1.29, 1.82) is 0 Å². The molecule has 120 valence electrons. The molecule has 0 saturated heterocycles. The van der Waals surface area contributed by atoms with Crippen LogP contribution in [0.5, 0.6) is 5.75 Å². The van der Waals surface area contributed by atoms with Crippen molar-refractivity contribution in [1.82, 2.24) is 0 Å². The number of amides is 1. The number of nitrogens with zero attached hydrogens (tertiary/aromatic N) is 1. The Bertz CT molecular complexity index is 694. The van der Waals surface area contributed by atoms with Gasteiger partial charge in [-0.2, -0.15) is 0 Å². The number of carbonyl (C=O) groups excluding carboxylic acids is 2. The average molecular weight is 313 g/mol. The molecule has 0 heterocycles. The van der Waals surface area contributed by atoms with Crippen molar-refractivity contribution < 1.29 is 19.1 Å². The number of likely N-dealkylation sites (N-methyl/N-ethyl adjacent to an activating group) is 1. The number of ether oxygens (including phenoxy) is 2. The number of aryl methyl sites for hydroxylation is 1. The third-order valence-electron chi connectivity index (χ3n) is 3.42. The summed E-state index contributed by atoms with van der Waals surface area (Å²) in [7, 11) is 3.20. The van der Waals surface area contributed by atoms with Gasteiger partial charge in [0.2, 0.25) is 0 Å². The fourth-order valence-corrected chi connectivity index (χ4v) is 2.02. The lowest BCUT2D eigenvalue weighted by Gasteiger charge is -2.17. The minimum atomic E-state index is -0.543. The third-order valence-corrected chi connectivity index (χ3v) is 3.42. The molecule has 0 unspecified atom stereocenters. The van der Waals surface area contributed by atoms with Crippen LogP contribution in [-0.2, 0) is 9.53 Å². The van der Waals surface area contributed by atoms with Crippen LogP contribution in [0.1, 0.15) is 15.9 Å². The first kappa shape index (κ1) is 16.5. The number of carbonyl (C=O) groups is 2. The lowest BCUT2D eigenvalue weighted by Crippen LogP contribution is -2.31. The molecule has 23 heavy (non-hydrogen) atoms. The molecule has 2 rings (SSSR count). The Morgan fingerprint density at radius 3 is 2.39 bits per heavy atom. The highest BCUT2D eigenvalue weighted by molar-refractivity contribution is 5.96. The van der Waals surface area contributed by atoms with Crippen LogP contribution in [0.3, 0.4) is 0 Å². The maximum Gasteiger partial charge on any atom is 0.338 e. The van der Waals surface area contributed by atoms with E-state index in [-0.39, 0.29) is 12.5 Å². The molecule has 0 fully saturated rings. The van der Waals surface area contributed by atoms with Crippen LogP contribution in [0.15, 0.2) is 48.5 Å². The quantitative estimate of drug-likeness (QED) is 0.797. The van der Waals surface area contributed by atoms with Gasteiger partial charge in [-0.3, -0.25) is 4.79 Å². The van der Waals surface area contributed by atoms with Crippen LogP contribution < -0.4 is 9.64 Å². The van der Waals surface area contributed by atoms with Crippen molar-refractivity contribution in [2.75, 3.05) is 25.7 Å². The summed E-state index contributed by atoms with van der Waals surface area (Å²) in [5, 5.41) is 0. The highest BCUT2D eigenvalue weighted by atomic mass is 16.5. The summed E-state index contributed by atoms with van der Waals surface area (Å²) >= 11 is 0. The topological polar surface area (TPSA) is 55.8 Å². The van der Waals surface area contributed by atoms with Gasteiger partial charge < -0.3 is 14.4 Å². The zero-order valence-electron chi connectivity index (χ0n) is 13.4. The first-order valence-electron chi connectivity index (χ1n) is 7.15. The Morgan fingerprint density at radius 1 is 1.09 bits per heavy atom. The van der Waals surface area contributed by atoms with Crippen molar-refractivity contribution in [2.24, 2.45) is 0 Å². The van der Waals surface area contributed by atoms with Crippen LogP contribution in [-0.4, -0.2) is 32.6 Å². The lowest BCUT2D eigenvalue weighted by atomic mass is 10.2. The van der Waals surface area contributed by atoms with Gasteiger partial charge in [0.15, 0.2) is 6.61 Å². The minimum absolute atomic E-state index is 0.294. The molecule has 1 amide bonds. The number of methoxy groups -OCH3 is 1. The normalized spacial score (nSPS) is 10.0. The van der Waals surface area contributed by atoms with E-state index in [0.717, 1.165) is 11.3 Å². The fourth-order valence-electron chi connectivity index (χ4n) is 2.02. The van der Waals surface area contributed by atoms with Gasteiger partial charge in [-0.25, -0.2) is 4.79 Å². The molecule has 0 spiro atoms. The molecule has 0 aliphatic carbocycles. The second kappa shape index (κ2) is 7.45. The molecule has 5 nitrogen and oxygen atoms in total. The molecule has 0 atom stereocenters. The molecular formula is C18H19NO4. The van der Waals surface area contributed by atoms with Crippen molar-refractivity contribution in [3.63, 3.8) is 0 Å². The van der Waals surface area contributed by atoms with Gasteiger partial charge in [-0.05, 0) is 48.9 Å². The summed E-state index contributed by atoms with van der Waals surface area (Å²) in [6, 6.07) is 14.1. The second-order valence-corrected chi connectivity index (χ2v) is 5.10. The van der Waals surface area contributed by atoms with E-state index in [1.165, 1.54) is 4.90 Å². The standard InChI is InChI=1S/C18H19NO4/c1-13-5-4-6-15(11-13)19(2)17(20)12-23-18(21)14-7-9-16(22-3)10-8-14/h4-11H,12H2,1-3H3. The van der Waals surface area contributed by atoms with Gasteiger partial charge in [0.05, 0.1) is 12.7 Å². The van der Waals surface area contributed by atoms with Crippen molar-refractivity contribution in [3.8, 4) is 5.75 Å². The van der Waals surface area contributed by atoms with Gasteiger partial charge in [0, 0.05) is 12.7 Å². The smallest absolute Gasteiger partial charge is 0.338 e. The number of hydrogen-bond acceptors (Lipinski definition) is 4. The number of hydrogen-bond donors (Lipinski definition) is 0. The van der Waals surface area contributed by atoms with E-state index in [9.17, 15) is 9.59 Å². The summed E-state index contributed by atoms with van der Waals surface area (Å²) in [5.74, 6) is -0.187. The predicted molar refractivity (Wildman–Crippen MR) is 87.9 cm³/mol. The van der Waals surface area contributed by atoms with Crippen molar-refractivity contribution in [3.05, 3.63) is 59.7 Å². The first-order chi connectivity index (χ1) is 11.0. The SMILES string of the molecule is COc1ccc(C(=O)OCC(=O)N(C)c2cccc(C)c2)cc1. The third kappa shape index (κ3) is 4.32. The molecule has 0 aliphatic heterocycles. The summed E-state index contributed by atoms with van der Waals surface area (Å²) in [5.41, 5.74) is 2.18. The molecule has 0 radical (unpaired) electrons. The molecule has 0 aliphatic rings. The monoisotopic (exact) mass is 313 g/mol. The Morgan fingerprint density at radius 2 is 1.78 bits per heavy atom. The first-order valence-corrected chi connectivity index (χ1v) is 7.15. The maximum absolute atomic E-state index is 12.1. The summed E-state index contributed by atoms with van der Waals surface area (Å²) in [6.45, 7) is 1.64. The Labute approximate surface area is 135 Å². The van der Waals surface area contributed by atoms with Crippen LogP contribution in [0.2, 0.25) is 0 Å². The van der Waals surface area contributed by atoms with Gasteiger partial charge in [-0.15, -0.1) is 0 Å². The number of esters is 1. The lowest BCUT2D eigenvalue weighted by molar-refractivity contribution is -0.121. The number of benzene rings is 2. The van der Waals surface area contributed by atoms with Crippen molar-refractivity contribution in [2.45, 2.75) is 6.92 Å². The van der Waals surface area contributed by atoms with Crippen LogP contribution >= 0.6 is 0 Å². The molecule has 0 bridgehead atoms. The number of rotatable bonds is 5. The van der Waals surface area contributed by atoms with Gasteiger partial charge in [0.1, 0.15) is 5.75 Å². The Hall–Kier alpha value is -2.82. The van der Waals surface area contributed by atoms with E-state index >= 15 is 0 Å². The molecular weight excluding hydrogens is 294 g/mol. The van der Waals surface area contributed by atoms with Crippen LogP contribution in [0, 0.1) is 6.92 Å². The Balaban J connectivity index is 1.93. The van der Waals surface area contributed by atoms with Gasteiger partial charge in [0.25, 0.3) is 5.91 Å². The van der Waals surface area contributed by atoms with E-state index < -0.39 is 5.97 Å². The summed E-state index contributed by atoms with van der Waals surface area (Å²) in [6.07, 6.45) is 0. The second-order valence-electron chi connectivity index (χ2n) is 5.10. The molecule has 0 saturated carbocycles. The van der Waals surface area contributed by atoms with E-state index in [1.807, 2.05) is 31.2 Å². The maximum atomic E-state index is 12.1. The van der Waals surface area contributed by atoms with Crippen LogP contribution in [0.4, 0.5) is 5.69 Å². The minimum Gasteiger partial charge on any atom is -0.497 e. The number of anilines is 1. The molecule has 2 aromatic rings. The zero-order chi connectivity index (χ0) is 16.8. The largest absolute Gasteiger partial charge is 0.497 e. The molecule has 2 aromatic carbocycles. The van der Waals surface area contributed by atoms with Crippen molar-refractivity contribution >= 4 is 17.6 Å². The van der Waals surface area contributed by atoms with Crippen LogP contribution in [0.25, 0.3) is 0 Å². The van der Waals surface area contributed by atoms with Gasteiger partial charge >= 0.3 is 5.97 Å². The summed E-state index contributed by atoms with van der Waals surface area (Å²) in [4.78, 5) is 25.5. The van der Waals surface area contributed by atoms with E-state index in [1.54, 1.807) is 38.4 Å². The summed E-state index contributed by atoms with van der Waals surface area (Å²) < 4.78 is 10.1.